The molecule has 1 aromatic heterocycles. The fourth-order valence-corrected chi connectivity index (χ4v) is 3.47. The van der Waals surface area contributed by atoms with Gasteiger partial charge in [-0.1, -0.05) is 42.8 Å². The lowest BCUT2D eigenvalue weighted by Gasteiger charge is -2.14. The summed E-state index contributed by atoms with van der Waals surface area (Å²) in [7, 11) is 0. The molecule has 1 heterocycles. The van der Waals surface area contributed by atoms with Gasteiger partial charge in [-0.2, -0.15) is 0 Å². The third kappa shape index (κ3) is 3.65. The molecule has 2 rings (SSSR count). The van der Waals surface area contributed by atoms with Crippen LogP contribution in [0.15, 0.2) is 28.1 Å². The topological polar surface area (TPSA) is 33.1 Å². The van der Waals surface area contributed by atoms with Crippen LogP contribution in [-0.2, 0) is 11.8 Å². The van der Waals surface area contributed by atoms with Gasteiger partial charge < -0.3 is 5.11 Å². The summed E-state index contributed by atoms with van der Waals surface area (Å²) in [6, 6.07) is 4.31. The summed E-state index contributed by atoms with van der Waals surface area (Å²) in [6.45, 7) is 6.33. The maximum atomic E-state index is 13.1. The number of aliphatic hydroxyl groups is 1. The van der Waals surface area contributed by atoms with Crippen molar-refractivity contribution in [3.63, 3.8) is 0 Å². The average Bonchev–Trinajstić information content (AvgIpc) is 2.76. The van der Waals surface area contributed by atoms with Crippen LogP contribution in [0.5, 0.6) is 0 Å². The molecule has 0 spiro atoms. The summed E-state index contributed by atoms with van der Waals surface area (Å²) in [5.74, 6) is -0.322. The van der Waals surface area contributed by atoms with Gasteiger partial charge in [0.1, 0.15) is 5.82 Å². The van der Waals surface area contributed by atoms with Gasteiger partial charge in [0, 0.05) is 21.7 Å². The van der Waals surface area contributed by atoms with Gasteiger partial charge in [0.15, 0.2) is 0 Å². The summed E-state index contributed by atoms with van der Waals surface area (Å²) in [4.78, 5) is 4.56. The fourth-order valence-electron chi connectivity index (χ4n) is 1.80. The molecule has 2 nitrogen and oxygen atoms in total. The lowest BCUT2D eigenvalue weighted by Crippen LogP contribution is -2.12. The van der Waals surface area contributed by atoms with Crippen LogP contribution in [0.4, 0.5) is 4.39 Å². The molecule has 108 valence electrons. The summed E-state index contributed by atoms with van der Waals surface area (Å²) in [5.41, 5.74) is 1.72. The first-order valence-electron chi connectivity index (χ1n) is 6.35. The van der Waals surface area contributed by atoms with Crippen LogP contribution in [0, 0.1) is 5.82 Å². The van der Waals surface area contributed by atoms with Gasteiger partial charge in [0.25, 0.3) is 0 Å². The SMILES string of the molecule is CC(C)(C)c1csc(CC(O)c2ccc(F)cc2Br)n1. The molecular formula is C15H17BrFNOS. The second kappa shape index (κ2) is 5.92. The third-order valence-electron chi connectivity index (χ3n) is 3.01. The zero-order chi connectivity index (χ0) is 14.9. The molecular weight excluding hydrogens is 341 g/mol. The Labute approximate surface area is 130 Å². The first kappa shape index (κ1) is 15.6. The van der Waals surface area contributed by atoms with Crippen LogP contribution in [-0.4, -0.2) is 10.1 Å². The van der Waals surface area contributed by atoms with E-state index in [2.05, 4.69) is 41.7 Å². The van der Waals surface area contributed by atoms with E-state index in [0.717, 1.165) is 10.7 Å². The largest absolute Gasteiger partial charge is 0.388 e. The molecule has 1 unspecified atom stereocenters. The Morgan fingerprint density at radius 1 is 1.40 bits per heavy atom. The van der Waals surface area contributed by atoms with E-state index in [1.807, 2.05) is 5.38 Å². The zero-order valence-electron chi connectivity index (χ0n) is 11.7. The first-order valence-corrected chi connectivity index (χ1v) is 8.02. The van der Waals surface area contributed by atoms with Crippen molar-refractivity contribution < 1.29 is 9.50 Å². The molecule has 2 aromatic rings. The predicted octanol–water partition coefficient (Wildman–Crippen LogP) is 4.62. The number of aliphatic hydroxyl groups excluding tert-OH is 1. The number of nitrogens with zero attached hydrogens (tertiary/aromatic N) is 1. The standard InChI is InChI=1S/C15H17BrFNOS/c1-15(2,3)13-8-20-14(18-13)7-12(19)10-5-4-9(17)6-11(10)16/h4-6,8,12,19H,7H2,1-3H3. The van der Waals surface area contributed by atoms with E-state index < -0.39 is 6.10 Å². The first-order chi connectivity index (χ1) is 9.27. The van der Waals surface area contributed by atoms with Crippen molar-refractivity contribution in [2.24, 2.45) is 0 Å². The summed E-state index contributed by atoms with van der Waals surface area (Å²) in [5, 5.41) is 13.2. The average molecular weight is 358 g/mol. The fraction of sp³-hybridized carbons (Fsp3) is 0.400. The highest BCUT2D eigenvalue weighted by molar-refractivity contribution is 9.10. The van der Waals surface area contributed by atoms with Crippen molar-refractivity contribution >= 4 is 27.3 Å². The van der Waals surface area contributed by atoms with Gasteiger partial charge in [0.05, 0.1) is 16.8 Å². The normalized spacial score (nSPS) is 13.5. The molecule has 0 aliphatic carbocycles. The molecule has 1 aromatic carbocycles. The molecule has 20 heavy (non-hydrogen) atoms. The highest BCUT2D eigenvalue weighted by Crippen LogP contribution is 2.29. The maximum Gasteiger partial charge on any atom is 0.124 e. The van der Waals surface area contributed by atoms with Crippen molar-refractivity contribution in [1.82, 2.24) is 4.98 Å². The highest BCUT2D eigenvalue weighted by Gasteiger charge is 2.19. The Kier molecular flexibility index (Phi) is 4.62. The van der Waals surface area contributed by atoms with Crippen LogP contribution in [0.25, 0.3) is 0 Å². The minimum absolute atomic E-state index is 0.0101. The van der Waals surface area contributed by atoms with E-state index >= 15 is 0 Å². The molecule has 5 heteroatoms. The van der Waals surface area contributed by atoms with Crippen molar-refractivity contribution in [1.29, 1.82) is 0 Å². The van der Waals surface area contributed by atoms with Gasteiger partial charge in [-0.05, 0) is 17.7 Å². The Balaban J connectivity index is 2.15. The van der Waals surface area contributed by atoms with Gasteiger partial charge in [-0.15, -0.1) is 11.3 Å². The number of hydrogen-bond acceptors (Lipinski definition) is 3. The summed E-state index contributed by atoms with van der Waals surface area (Å²) in [6.07, 6.45) is -0.255. The van der Waals surface area contributed by atoms with Gasteiger partial charge in [0.2, 0.25) is 0 Å². The molecule has 0 aliphatic rings. The van der Waals surface area contributed by atoms with Crippen molar-refractivity contribution in [3.8, 4) is 0 Å². The van der Waals surface area contributed by atoms with E-state index in [9.17, 15) is 9.50 Å². The summed E-state index contributed by atoms with van der Waals surface area (Å²) < 4.78 is 13.6. The number of hydrogen-bond donors (Lipinski definition) is 1. The molecule has 0 aliphatic heterocycles. The van der Waals surface area contributed by atoms with Gasteiger partial charge >= 0.3 is 0 Å². The molecule has 0 amide bonds. The molecule has 0 saturated heterocycles. The molecule has 1 atom stereocenters. The Hall–Kier alpha value is -0.780. The Bertz CT molecular complexity index is 606. The molecule has 0 bridgehead atoms. The third-order valence-corrected chi connectivity index (χ3v) is 4.57. The number of aromatic nitrogens is 1. The number of rotatable bonds is 3. The van der Waals surface area contributed by atoms with Crippen LogP contribution in [0.3, 0.4) is 0 Å². The van der Waals surface area contributed by atoms with Crippen LogP contribution >= 0.6 is 27.3 Å². The minimum Gasteiger partial charge on any atom is -0.388 e. The summed E-state index contributed by atoms with van der Waals surface area (Å²) >= 11 is 4.83. The van der Waals surface area contributed by atoms with E-state index in [4.69, 9.17) is 0 Å². The highest BCUT2D eigenvalue weighted by atomic mass is 79.9. The Morgan fingerprint density at radius 3 is 2.65 bits per heavy atom. The van der Waals surface area contributed by atoms with Crippen LogP contribution in [0.2, 0.25) is 0 Å². The van der Waals surface area contributed by atoms with Gasteiger partial charge in [-0.25, -0.2) is 9.37 Å². The number of thiazole rings is 1. The Morgan fingerprint density at radius 2 is 2.10 bits per heavy atom. The predicted molar refractivity (Wildman–Crippen MR) is 83.6 cm³/mol. The molecule has 0 fully saturated rings. The zero-order valence-corrected chi connectivity index (χ0v) is 14.1. The van der Waals surface area contributed by atoms with E-state index in [-0.39, 0.29) is 11.2 Å². The maximum absolute atomic E-state index is 13.1. The minimum atomic E-state index is -0.691. The van der Waals surface area contributed by atoms with E-state index in [0.29, 0.717) is 16.5 Å². The van der Waals surface area contributed by atoms with Crippen molar-refractivity contribution in [2.45, 2.75) is 38.7 Å². The second-order valence-electron chi connectivity index (χ2n) is 5.76. The molecule has 0 saturated carbocycles. The lowest BCUT2D eigenvalue weighted by molar-refractivity contribution is 0.177. The molecule has 1 N–H and O–H groups in total. The van der Waals surface area contributed by atoms with Crippen LogP contribution < -0.4 is 0 Å². The number of halogens is 2. The smallest absolute Gasteiger partial charge is 0.124 e. The molecule has 0 radical (unpaired) electrons. The van der Waals surface area contributed by atoms with Crippen molar-refractivity contribution in [3.05, 3.63) is 50.1 Å². The number of benzene rings is 1. The van der Waals surface area contributed by atoms with E-state index in [1.54, 1.807) is 17.4 Å². The monoisotopic (exact) mass is 357 g/mol. The second-order valence-corrected chi connectivity index (χ2v) is 7.56. The van der Waals surface area contributed by atoms with Gasteiger partial charge in [-0.3, -0.25) is 0 Å². The lowest BCUT2D eigenvalue weighted by atomic mass is 9.93. The van der Waals surface area contributed by atoms with E-state index in [1.165, 1.54) is 12.1 Å². The quantitative estimate of drug-likeness (QED) is 0.869. The van der Waals surface area contributed by atoms with Crippen LogP contribution in [0.1, 0.15) is 43.1 Å². The van der Waals surface area contributed by atoms with Crippen molar-refractivity contribution in [2.75, 3.05) is 0 Å².